The molecule has 7 rings (SSSR count). The molecule has 0 saturated carbocycles. The molecular formula is C22H30N12O8P2. The van der Waals surface area contributed by atoms with E-state index in [1.165, 1.54) is 25.3 Å². The number of nitrogens with one attached hydrogen (secondary N) is 2. The topological polar surface area (TPSA) is 275 Å². The second kappa shape index (κ2) is 10.7. The molecule has 44 heavy (non-hydrogen) atoms. The van der Waals surface area contributed by atoms with Crippen LogP contribution in [-0.4, -0.2) is 86.3 Å². The van der Waals surface area contributed by atoms with Crippen LogP contribution in [0.3, 0.4) is 0 Å². The van der Waals surface area contributed by atoms with E-state index < -0.39 is 77.3 Å². The summed E-state index contributed by atoms with van der Waals surface area (Å²) < 4.78 is 53.4. The van der Waals surface area contributed by atoms with Crippen LogP contribution in [-0.2, 0) is 27.7 Å². The maximum Gasteiger partial charge on any atom is 0.403 e. The van der Waals surface area contributed by atoms with Crippen molar-refractivity contribution in [2.45, 2.75) is 50.6 Å². The fraction of sp³-hybridized carbons (Fsp3) is 0.545. The van der Waals surface area contributed by atoms with Crippen LogP contribution in [0.15, 0.2) is 25.3 Å². The van der Waals surface area contributed by atoms with Gasteiger partial charge in [-0.1, -0.05) is 13.8 Å². The van der Waals surface area contributed by atoms with Gasteiger partial charge in [-0.3, -0.25) is 18.2 Å². The highest BCUT2D eigenvalue weighted by molar-refractivity contribution is 7.50. The lowest BCUT2D eigenvalue weighted by Crippen LogP contribution is -2.45. The van der Waals surface area contributed by atoms with Gasteiger partial charge in [0.05, 0.1) is 38.0 Å². The fourth-order valence-corrected chi connectivity index (χ4v) is 8.45. The van der Waals surface area contributed by atoms with Crippen LogP contribution in [0.25, 0.3) is 22.3 Å². The number of rotatable bonds is 2. The Hall–Kier alpha value is -3.16. The first kappa shape index (κ1) is 29.5. The van der Waals surface area contributed by atoms with Crippen LogP contribution >= 0.6 is 15.5 Å². The molecule has 0 amide bonds. The average Bonchev–Trinajstić information content (AvgIpc) is 3.73. The van der Waals surface area contributed by atoms with Gasteiger partial charge in [-0.05, 0) is 0 Å². The van der Waals surface area contributed by atoms with Crippen molar-refractivity contribution in [2.24, 2.45) is 11.8 Å². The van der Waals surface area contributed by atoms with Gasteiger partial charge >= 0.3 is 15.5 Å². The van der Waals surface area contributed by atoms with Crippen molar-refractivity contribution in [1.29, 1.82) is 0 Å². The minimum atomic E-state index is -4.48. The standard InChI is InChI=1S/C22H30N12O8P2/c1-9-13-11(41-21(9)33-7-29-15-17(23)25-5-27-19(15)33)3-39-44(37,38)32-14-10(2)22(42-12(14)4-40-43(35,36)31-13)34-8-30-16-18(24)26-6-28-20(16)34/h5-14,21-22H,3-4H2,1-2H3,(H2,23,25,27)(H2,24,26,28)(H2,31,35,36)(H2,32,37,38)/t9-,10-,11-,12-,13+,14+,21-,22-/m1/s1. The summed E-state index contributed by atoms with van der Waals surface area (Å²) in [6, 6.07) is -1.72. The molecule has 8 N–H and O–H groups in total. The zero-order chi connectivity index (χ0) is 31.0. The lowest BCUT2D eigenvalue weighted by atomic mass is 10.00. The largest absolute Gasteiger partial charge is 0.403 e. The lowest BCUT2D eigenvalue weighted by Gasteiger charge is -2.29. The first-order valence-electron chi connectivity index (χ1n) is 13.6. The quantitative estimate of drug-likeness (QED) is 0.156. The number of fused-ring (bicyclic) bond motifs is 4. The summed E-state index contributed by atoms with van der Waals surface area (Å²) in [4.78, 5) is 46.7. The number of nitrogens with two attached hydrogens (primary N) is 2. The number of nitrogens with zero attached hydrogens (tertiary/aromatic N) is 8. The van der Waals surface area contributed by atoms with Crippen molar-refractivity contribution in [1.82, 2.24) is 49.2 Å². The van der Waals surface area contributed by atoms with Crippen LogP contribution in [0, 0.1) is 11.8 Å². The van der Waals surface area contributed by atoms with Gasteiger partial charge in [0.25, 0.3) is 0 Å². The lowest BCUT2D eigenvalue weighted by molar-refractivity contribution is -0.0338. The molecule has 3 aliphatic heterocycles. The number of hydrogen-bond donors (Lipinski definition) is 6. The number of hydrogen-bond acceptors (Lipinski definition) is 14. The summed E-state index contributed by atoms with van der Waals surface area (Å²) in [5.41, 5.74) is 13.3. The van der Waals surface area contributed by atoms with Crippen LogP contribution < -0.4 is 21.6 Å². The van der Waals surface area contributed by atoms with Crippen molar-refractivity contribution in [3.8, 4) is 0 Å². The SMILES string of the molecule is C[C@@H]1[C@@H]2NP(=O)(O)OC[C@H]3O[C@@H](n4cnc5c(N)ncnc54)[C@H](C)[C@@H]3NP(=O)(O)OC[C@H]2O[C@H]1n1cnc2c(N)ncnc21. The maximum atomic E-state index is 13.4. The van der Waals surface area contributed by atoms with Gasteiger partial charge in [0.1, 0.15) is 48.4 Å². The molecule has 10 atom stereocenters. The highest BCUT2D eigenvalue weighted by atomic mass is 31.2. The maximum absolute atomic E-state index is 13.4. The fourth-order valence-electron chi connectivity index (χ4n) is 6.05. The van der Waals surface area contributed by atoms with Gasteiger partial charge in [-0.2, -0.15) is 0 Å². The Bertz CT molecular complexity index is 1690. The number of nitrogen functional groups attached to an aromatic ring is 2. The van der Waals surface area contributed by atoms with E-state index in [9.17, 15) is 18.9 Å². The van der Waals surface area contributed by atoms with Crippen molar-refractivity contribution < 1.29 is 37.4 Å². The van der Waals surface area contributed by atoms with Crippen LogP contribution in [0.1, 0.15) is 26.3 Å². The highest BCUT2D eigenvalue weighted by Crippen LogP contribution is 2.49. The Morgan fingerprint density at radius 3 is 1.57 bits per heavy atom. The van der Waals surface area contributed by atoms with Gasteiger partial charge < -0.3 is 30.7 Å². The minimum Gasteiger partial charge on any atom is -0.382 e. The molecule has 3 saturated heterocycles. The van der Waals surface area contributed by atoms with E-state index in [0.717, 1.165) is 0 Å². The monoisotopic (exact) mass is 652 g/mol. The molecule has 0 aliphatic carbocycles. The van der Waals surface area contributed by atoms with E-state index in [0.29, 0.717) is 22.3 Å². The molecule has 0 spiro atoms. The van der Waals surface area contributed by atoms with Crippen molar-refractivity contribution in [2.75, 3.05) is 24.7 Å². The Morgan fingerprint density at radius 1 is 0.750 bits per heavy atom. The smallest absolute Gasteiger partial charge is 0.382 e. The van der Waals surface area contributed by atoms with Gasteiger partial charge in [0.15, 0.2) is 22.9 Å². The van der Waals surface area contributed by atoms with E-state index >= 15 is 0 Å². The normalized spacial score (nSPS) is 38.3. The van der Waals surface area contributed by atoms with Crippen molar-refractivity contribution >= 4 is 49.5 Å². The first-order valence-corrected chi connectivity index (χ1v) is 16.7. The van der Waals surface area contributed by atoms with Crippen LogP contribution in [0.2, 0.25) is 0 Å². The molecule has 20 nitrogen and oxygen atoms in total. The first-order chi connectivity index (χ1) is 20.9. The highest BCUT2D eigenvalue weighted by Gasteiger charge is 2.51. The predicted octanol–water partition coefficient (Wildman–Crippen LogP) is 0.0616. The van der Waals surface area contributed by atoms with E-state index in [-0.39, 0.29) is 11.6 Å². The molecule has 3 aliphatic rings. The summed E-state index contributed by atoms with van der Waals surface area (Å²) in [5, 5.41) is 5.32. The van der Waals surface area contributed by atoms with Crippen LogP contribution in [0.4, 0.5) is 11.6 Å². The Balaban J connectivity index is 1.17. The third-order valence-corrected chi connectivity index (χ3v) is 10.5. The number of anilines is 2. The second-order valence-electron chi connectivity index (χ2n) is 11.0. The summed E-state index contributed by atoms with van der Waals surface area (Å²) in [5.74, 6) is -0.648. The molecular weight excluding hydrogens is 622 g/mol. The van der Waals surface area contributed by atoms with Crippen molar-refractivity contribution in [3.63, 3.8) is 0 Å². The van der Waals surface area contributed by atoms with E-state index in [1.807, 2.05) is 0 Å². The molecule has 22 heteroatoms. The van der Waals surface area contributed by atoms with E-state index in [1.54, 1.807) is 23.0 Å². The van der Waals surface area contributed by atoms with E-state index in [4.69, 9.17) is 30.0 Å². The number of ether oxygens (including phenoxy) is 2. The van der Waals surface area contributed by atoms with E-state index in [2.05, 4.69) is 40.1 Å². The molecule has 2 unspecified atom stereocenters. The Kier molecular flexibility index (Phi) is 7.21. The third-order valence-electron chi connectivity index (χ3n) is 8.24. The third kappa shape index (κ3) is 5.06. The van der Waals surface area contributed by atoms with Gasteiger partial charge in [-0.25, -0.2) is 49.2 Å². The van der Waals surface area contributed by atoms with Gasteiger partial charge in [0.2, 0.25) is 0 Å². The molecule has 0 aromatic carbocycles. The van der Waals surface area contributed by atoms with Crippen LogP contribution in [0.5, 0.6) is 0 Å². The Labute approximate surface area is 248 Å². The van der Waals surface area contributed by atoms with Gasteiger partial charge in [-0.15, -0.1) is 0 Å². The molecule has 0 bridgehead atoms. The number of aromatic nitrogens is 8. The predicted molar refractivity (Wildman–Crippen MR) is 151 cm³/mol. The minimum absolute atomic E-state index is 0.177. The molecule has 0 radical (unpaired) electrons. The summed E-state index contributed by atoms with van der Waals surface area (Å²) in [7, 11) is -8.97. The molecule has 3 fully saturated rings. The number of imidazole rings is 2. The summed E-state index contributed by atoms with van der Waals surface area (Å²) in [6.07, 6.45) is 2.08. The molecule has 236 valence electrons. The molecule has 4 aromatic rings. The second-order valence-corrected chi connectivity index (χ2v) is 14.1. The molecule has 4 aromatic heterocycles. The molecule has 7 heterocycles. The van der Waals surface area contributed by atoms with Gasteiger partial charge in [0, 0.05) is 11.8 Å². The summed E-state index contributed by atoms with van der Waals surface area (Å²) >= 11 is 0. The average molecular weight is 653 g/mol. The zero-order valence-electron chi connectivity index (χ0n) is 23.3. The van der Waals surface area contributed by atoms with Crippen molar-refractivity contribution in [3.05, 3.63) is 25.3 Å². The summed E-state index contributed by atoms with van der Waals surface area (Å²) in [6.45, 7) is 2.72. The Morgan fingerprint density at radius 2 is 1.16 bits per heavy atom. The zero-order valence-corrected chi connectivity index (χ0v) is 25.1.